The molecule has 2 rings (SSSR count). The third-order valence-electron chi connectivity index (χ3n) is 3.71. The van der Waals surface area contributed by atoms with Crippen LogP contribution in [0.3, 0.4) is 0 Å². The summed E-state index contributed by atoms with van der Waals surface area (Å²) in [5.74, 6) is -3.02. The van der Waals surface area contributed by atoms with Gasteiger partial charge in [-0.05, 0) is 29.8 Å². The number of hydrogen-bond donors (Lipinski definition) is 1. The van der Waals surface area contributed by atoms with Crippen LogP contribution in [-0.4, -0.2) is 49.3 Å². The van der Waals surface area contributed by atoms with Gasteiger partial charge in [0.05, 0.1) is 14.2 Å². The fourth-order valence-electron chi connectivity index (χ4n) is 2.40. The Labute approximate surface area is 160 Å². The molecule has 0 unspecified atom stereocenters. The average Bonchev–Trinajstić information content (AvgIpc) is 2.65. The van der Waals surface area contributed by atoms with E-state index >= 15 is 0 Å². The maximum Gasteiger partial charge on any atom is 0.323 e. The first-order valence-corrected chi connectivity index (χ1v) is 8.11. The van der Waals surface area contributed by atoms with Crippen molar-refractivity contribution in [1.29, 1.82) is 0 Å². The molecule has 28 heavy (non-hydrogen) atoms. The zero-order valence-electron chi connectivity index (χ0n) is 15.3. The second kappa shape index (κ2) is 9.54. The smallest absolute Gasteiger partial charge is 0.323 e. The molecule has 0 saturated carbocycles. The van der Waals surface area contributed by atoms with E-state index in [2.05, 4.69) is 0 Å². The number of aliphatic carboxylic acids is 1. The van der Waals surface area contributed by atoms with Gasteiger partial charge in [0.1, 0.15) is 23.9 Å². The Hall–Kier alpha value is -3.36. The summed E-state index contributed by atoms with van der Waals surface area (Å²) in [5, 5.41) is 9.09. The third-order valence-corrected chi connectivity index (χ3v) is 3.71. The molecule has 7 nitrogen and oxygen atoms in total. The quantitative estimate of drug-likeness (QED) is 0.702. The monoisotopic (exact) mass is 395 g/mol. The number of hydrogen-bond acceptors (Lipinski definition) is 5. The van der Waals surface area contributed by atoms with E-state index in [1.54, 1.807) is 18.2 Å². The van der Waals surface area contributed by atoms with Gasteiger partial charge < -0.3 is 24.2 Å². The van der Waals surface area contributed by atoms with E-state index in [4.69, 9.17) is 19.3 Å². The largest absolute Gasteiger partial charge is 0.497 e. The highest BCUT2D eigenvalue weighted by Crippen LogP contribution is 2.23. The summed E-state index contributed by atoms with van der Waals surface area (Å²) in [6, 6.07) is 7.55. The number of methoxy groups -OCH3 is 2. The lowest BCUT2D eigenvalue weighted by atomic mass is 10.2. The van der Waals surface area contributed by atoms with Crippen molar-refractivity contribution in [2.75, 3.05) is 27.4 Å². The van der Waals surface area contributed by atoms with Crippen molar-refractivity contribution in [3.8, 4) is 17.2 Å². The first-order valence-electron chi connectivity index (χ1n) is 8.11. The predicted molar refractivity (Wildman–Crippen MR) is 94.5 cm³/mol. The number of ether oxygens (including phenoxy) is 3. The fourth-order valence-corrected chi connectivity index (χ4v) is 2.40. The molecule has 1 amide bonds. The molecule has 0 heterocycles. The molecular weight excluding hydrogens is 376 g/mol. The van der Waals surface area contributed by atoms with E-state index in [-0.39, 0.29) is 12.3 Å². The van der Waals surface area contributed by atoms with Crippen LogP contribution in [0.5, 0.6) is 17.2 Å². The number of benzene rings is 2. The molecule has 0 saturated heterocycles. The highest BCUT2D eigenvalue weighted by Gasteiger charge is 2.19. The molecule has 0 fully saturated rings. The molecule has 0 spiro atoms. The maximum absolute atomic E-state index is 13.6. The first-order chi connectivity index (χ1) is 13.3. The Morgan fingerprint density at radius 2 is 1.68 bits per heavy atom. The van der Waals surface area contributed by atoms with E-state index in [0.29, 0.717) is 23.1 Å². The number of carbonyl (C=O) groups is 2. The molecule has 0 aromatic heterocycles. The van der Waals surface area contributed by atoms with Gasteiger partial charge in [-0.15, -0.1) is 0 Å². The van der Waals surface area contributed by atoms with Crippen molar-refractivity contribution in [2.24, 2.45) is 0 Å². The second-order valence-corrected chi connectivity index (χ2v) is 5.73. The Morgan fingerprint density at radius 1 is 1.04 bits per heavy atom. The zero-order chi connectivity index (χ0) is 20.7. The lowest BCUT2D eigenvalue weighted by Crippen LogP contribution is -2.38. The summed E-state index contributed by atoms with van der Waals surface area (Å²) in [6.45, 7) is -1.27. The van der Waals surface area contributed by atoms with Crippen molar-refractivity contribution in [1.82, 2.24) is 4.90 Å². The molecule has 9 heteroatoms. The predicted octanol–water partition coefficient (Wildman–Crippen LogP) is 2.47. The van der Waals surface area contributed by atoms with Crippen LogP contribution < -0.4 is 14.2 Å². The minimum atomic E-state index is -1.23. The minimum Gasteiger partial charge on any atom is -0.497 e. The molecule has 0 aliphatic carbocycles. The number of halogens is 2. The van der Waals surface area contributed by atoms with Gasteiger partial charge in [-0.25, -0.2) is 8.78 Å². The highest BCUT2D eigenvalue weighted by molar-refractivity contribution is 5.82. The van der Waals surface area contributed by atoms with Crippen LogP contribution in [0.4, 0.5) is 8.78 Å². The Bertz CT molecular complexity index is 836. The molecule has 0 bridgehead atoms. The van der Waals surface area contributed by atoms with E-state index in [1.807, 2.05) is 0 Å². The van der Waals surface area contributed by atoms with Gasteiger partial charge in [0, 0.05) is 18.7 Å². The number of amides is 1. The van der Waals surface area contributed by atoms with Gasteiger partial charge in [0.2, 0.25) is 0 Å². The van der Waals surface area contributed by atoms with E-state index in [1.165, 1.54) is 14.2 Å². The lowest BCUT2D eigenvalue weighted by Gasteiger charge is -2.21. The average molecular weight is 395 g/mol. The van der Waals surface area contributed by atoms with Crippen molar-refractivity contribution < 1.29 is 37.7 Å². The summed E-state index contributed by atoms with van der Waals surface area (Å²) >= 11 is 0. The number of carboxylic acids is 1. The molecule has 2 aromatic carbocycles. The number of carboxylic acid groups (broad SMARTS) is 1. The maximum atomic E-state index is 13.6. The summed E-state index contributed by atoms with van der Waals surface area (Å²) < 4.78 is 41.9. The number of carbonyl (C=O) groups excluding carboxylic acids is 1. The molecule has 0 radical (unpaired) electrons. The van der Waals surface area contributed by atoms with Gasteiger partial charge in [0.25, 0.3) is 5.91 Å². The summed E-state index contributed by atoms with van der Waals surface area (Å²) in [4.78, 5) is 24.6. The van der Waals surface area contributed by atoms with Crippen LogP contribution >= 0.6 is 0 Å². The highest BCUT2D eigenvalue weighted by atomic mass is 19.1. The normalized spacial score (nSPS) is 10.3. The number of rotatable bonds is 9. The molecular formula is C19H19F2NO6. The van der Waals surface area contributed by atoms with E-state index in [0.717, 1.165) is 17.0 Å². The molecule has 150 valence electrons. The molecule has 0 atom stereocenters. The molecule has 2 aromatic rings. The molecule has 1 N–H and O–H groups in total. The number of nitrogens with zero attached hydrogens (tertiary/aromatic N) is 1. The van der Waals surface area contributed by atoms with Crippen molar-refractivity contribution in [2.45, 2.75) is 6.54 Å². The molecule has 0 aliphatic rings. The Balaban J connectivity index is 2.14. The van der Waals surface area contributed by atoms with E-state index in [9.17, 15) is 18.4 Å². The van der Waals surface area contributed by atoms with Gasteiger partial charge in [-0.2, -0.15) is 0 Å². The van der Waals surface area contributed by atoms with Crippen LogP contribution in [0.15, 0.2) is 36.4 Å². The zero-order valence-corrected chi connectivity index (χ0v) is 15.3. The summed E-state index contributed by atoms with van der Waals surface area (Å²) in [7, 11) is 2.92. The molecule has 0 aliphatic heterocycles. The van der Waals surface area contributed by atoms with E-state index < -0.39 is 36.7 Å². The van der Waals surface area contributed by atoms with Crippen LogP contribution in [0.1, 0.15) is 5.56 Å². The topological polar surface area (TPSA) is 85.3 Å². The second-order valence-electron chi connectivity index (χ2n) is 5.73. The van der Waals surface area contributed by atoms with Crippen LogP contribution in [0.2, 0.25) is 0 Å². The Kier molecular flexibility index (Phi) is 7.14. The summed E-state index contributed by atoms with van der Waals surface area (Å²) in [6.07, 6.45) is 0. The Morgan fingerprint density at radius 3 is 2.21 bits per heavy atom. The van der Waals surface area contributed by atoms with Crippen LogP contribution in [-0.2, 0) is 16.1 Å². The fraction of sp³-hybridized carbons (Fsp3) is 0.263. The van der Waals surface area contributed by atoms with Gasteiger partial charge >= 0.3 is 5.97 Å². The van der Waals surface area contributed by atoms with Crippen LogP contribution in [0, 0.1) is 11.6 Å². The van der Waals surface area contributed by atoms with Crippen LogP contribution in [0.25, 0.3) is 0 Å². The van der Waals surface area contributed by atoms with Crippen molar-refractivity contribution in [3.05, 3.63) is 53.6 Å². The summed E-state index contributed by atoms with van der Waals surface area (Å²) in [5.41, 5.74) is 0.568. The van der Waals surface area contributed by atoms with Crippen molar-refractivity contribution in [3.63, 3.8) is 0 Å². The standard InChI is InChI=1S/C19H19F2NO6/c1-26-14-5-12(6-15(8-14)27-2)9-22(10-19(24)25)18(23)11-28-17-4-3-13(20)7-16(17)21/h3-8H,9-11H2,1-2H3,(H,24,25). The lowest BCUT2D eigenvalue weighted by molar-refractivity contribution is -0.145. The first kappa shape index (κ1) is 20.9. The van der Waals surface area contributed by atoms with Gasteiger partial charge in [-0.1, -0.05) is 0 Å². The minimum absolute atomic E-state index is 0.0616. The van der Waals surface area contributed by atoms with Crippen molar-refractivity contribution >= 4 is 11.9 Å². The van der Waals surface area contributed by atoms with Gasteiger partial charge in [-0.3, -0.25) is 9.59 Å². The van der Waals surface area contributed by atoms with Gasteiger partial charge in [0.15, 0.2) is 18.2 Å². The third kappa shape index (κ3) is 5.83. The SMILES string of the molecule is COc1cc(CN(CC(=O)O)C(=O)COc2ccc(F)cc2F)cc(OC)c1.